The fourth-order valence-electron chi connectivity index (χ4n) is 4.78. The van der Waals surface area contributed by atoms with Crippen LogP contribution in [0.25, 0.3) is 0 Å². The van der Waals surface area contributed by atoms with Crippen LogP contribution >= 0.6 is 11.8 Å². The molecule has 0 atom stereocenters. The van der Waals surface area contributed by atoms with Gasteiger partial charge in [0.1, 0.15) is 0 Å². The van der Waals surface area contributed by atoms with Gasteiger partial charge in [0.15, 0.2) is 0 Å². The minimum atomic E-state index is 0.475. The Morgan fingerprint density at radius 3 is 2.40 bits per heavy atom. The molecule has 2 saturated carbocycles. The predicted octanol–water partition coefficient (Wildman–Crippen LogP) is 3.66. The van der Waals surface area contributed by atoms with E-state index in [1.165, 1.54) is 88.9 Å². The summed E-state index contributed by atoms with van der Waals surface area (Å²) in [5.41, 5.74) is 1.000. The largest absolute Gasteiger partial charge is 0.308 e. The van der Waals surface area contributed by atoms with Gasteiger partial charge in [-0.25, -0.2) is 0 Å². The first-order valence-electron chi connectivity index (χ1n) is 8.87. The highest BCUT2D eigenvalue weighted by Gasteiger charge is 2.48. The monoisotopic (exact) mass is 296 g/mol. The van der Waals surface area contributed by atoms with E-state index in [9.17, 15) is 0 Å². The first-order valence-corrected chi connectivity index (χ1v) is 10.0. The van der Waals surface area contributed by atoms with Crippen molar-refractivity contribution in [2.75, 3.05) is 31.1 Å². The van der Waals surface area contributed by atoms with Gasteiger partial charge < -0.3 is 5.32 Å². The number of piperazine rings is 1. The van der Waals surface area contributed by atoms with Crippen molar-refractivity contribution in [3.8, 4) is 0 Å². The second-order valence-electron chi connectivity index (χ2n) is 7.24. The molecule has 3 aliphatic rings. The lowest BCUT2D eigenvalue weighted by Crippen LogP contribution is -2.69. The van der Waals surface area contributed by atoms with Crippen LogP contribution in [0.2, 0.25) is 0 Å². The van der Waals surface area contributed by atoms with E-state index in [2.05, 4.69) is 28.9 Å². The van der Waals surface area contributed by atoms with Gasteiger partial charge in [0.2, 0.25) is 0 Å². The molecule has 0 aromatic heterocycles. The summed E-state index contributed by atoms with van der Waals surface area (Å²) in [4.78, 5) is 2.92. The zero-order chi connectivity index (χ0) is 13.9. The highest BCUT2D eigenvalue weighted by atomic mass is 32.2. The third-order valence-electron chi connectivity index (χ3n) is 6.01. The van der Waals surface area contributed by atoms with Crippen LogP contribution < -0.4 is 5.32 Å². The molecule has 3 fully saturated rings. The third kappa shape index (κ3) is 3.05. The molecule has 0 amide bonds. The summed E-state index contributed by atoms with van der Waals surface area (Å²) in [7, 11) is 0. The van der Waals surface area contributed by atoms with Crippen molar-refractivity contribution in [1.82, 2.24) is 10.2 Å². The minimum Gasteiger partial charge on any atom is -0.308 e. The molecule has 0 unspecified atom stereocenters. The summed E-state index contributed by atoms with van der Waals surface area (Å²) >= 11 is 2.12. The van der Waals surface area contributed by atoms with Gasteiger partial charge in [0.25, 0.3) is 0 Å². The molecule has 2 aliphatic carbocycles. The molecule has 3 heteroatoms. The molecular weight excluding hydrogens is 264 g/mol. The zero-order valence-corrected chi connectivity index (χ0v) is 14.1. The Bertz CT molecular complexity index is 306. The zero-order valence-electron chi connectivity index (χ0n) is 13.3. The molecule has 0 radical (unpaired) electrons. The average Bonchev–Trinajstić information content (AvgIpc) is 2.94. The van der Waals surface area contributed by atoms with Crippen molar-refractivity contribution in [1.29, 1.82) is 0 Å². The van der Waals surface area contributed by atoms with Crippen LogP contribution in [0.15, 0.2) is 0 Å². The molecule has 20 heavy (non-hydrogen) atoms. The lowest BCUT2D eigenvalue weighted by Gasteiger charge is -2.55. The van der Waals surface area contributed by atoms with Gasteiger partial charge in [-0.1, -0.05) is 39.0 Å². The van der Waals surface area contributed by atoms with Crippen molar-refractivity contribution in [3.05, 3.63) is 0 Å². The minimum absolute atomic E-state index is 0.475. The van der Waals surface area contributed by atoms with E-state index in [0.717, 1.165) is 0 Å². The molecule has 0 aromatic rings. The molecule has 116 valence electrons. The summed E-state index contributed by atoms with van der Waals surface area (Å²) in [5, 5.41) is 4.04. The Labute approximate surface area is 129 Å². The molecule has 1 N–H and O–H groups in total. The van der Waals surface area contributed by atoms with Crippen LogP contribution in [0.5, 0.6) is 0 Å². The fraction of sp³-hybridized carbons (Fsp3) is 1.00. The highest BCUT2D eigenvalue weighted by Crippen LogP contribution is 2.41. The molecule has 2 nitrogen and oxygen atoms in total. The SMILES string of the molecule is CCSCCN1CC2(CCCCC2)NCC12CCCC2. The van der Waals surface area contributed by atoms with Gasteiger partial charge in [-0.2, -0.15) is 11.8 Å². The Morgan fingerprint density at radius 1 is 1.00 bits per heavy atom. The van der Waals surface area contributed by atoms with Gasteiger partial charge in [0.05, 0.1) is 0 Å². The standard InChI is InChI=1S/C17H32N2S/c1-2-20-13-12-19-15-16(8-4-3-5-9-16)18-14-17(19)10-6-7-11-17/h18H,2-15H2,1H3. The molecule has 1 aliphatic heterocycles. The molecule has 1 saturated heterocycles. The molecule has 3 rings (SSSR count). The summed E-state index contributed by atoms with van der Waals surface area (Å²) < 4.78 is 0. The van der Waals surface area contributed by atoms with Gasteiger partial charge in [0, 0.05) is 36.5 Å². The van der Waals surface area contributed by atoms with Gasteiger partial charge in [-0.05, 0) is 31.4 Å². The molecule has 1 heterocycles. The van der Waals surface area contributed by atoms with Gasteiger partial charge in [-0.15, -0.1) is 0 Å². The number of thioether (sulfide) groups is 1. The Kier molecular flexibility index (Phi) is 4.99. The maximum atomic E-state index is 4.04. The van der Waals surface area contributed by atoms with Crippen LogP contribution in [-0.4, -0.2) is 47.1 Å². The van der Waals surface area contributed by atoms with Crippen molar-refractivity contribution in [2.45, 2.75) is 75.8 Å². The molecule has 2 spiro atoms. The van der Waals surface area contributed by atoms with Crippen LogP contribution in [0.3, 0.4) is 0 Å². The number of hydrogen-bond acceptors (Lipinski definition) is 3. The summed E-state index contributed by atoms with van der Waals surface area (Å²) in [6.07, 6.45) is 13.0. The average molecular weight is 297 g/mol. The smallest absolute Gasteiger partial charge is 0.0335 e. The van der Waals surface area contributed by atoms with Crippen molar-refractivity contribution in [3.63, 3.8) is 0 Å². The first-order chi connectivity index (χ1) is 9.79. The normalized spacial score (nSPS) is 29.2. The highest BCUT2D eigenvalue weighted by molar-refractivity contribution is 7.99. The van der Waals surface area contributed by atoms with Crippen molar-refractivity contribution in [2.24, 2.45) is 0 Å². The number of rotatable bonds is 4. The van der Waals surface area contributed by atoms with Gasteiger partial charge in [-0.3, -0.25) is 4.90 Å². The topological polar surface area (TPSA) is 15.3 Å². The Morgan fingerprint density at radius 2 is 1.70 bits per heavy atom. The van der Waals surface area contributed by atoms with E-state index in [-0.39, 0.29) is 0 Å². The van der Waals surface area contributed by atoms with E-state index in [4.69, 9.17) is 0 Å². The lowest BCUT2D eigenvalue weighted by molar-refractivity contribution is -0.00131. The summed E-state index contributed by atoms with van der Waals surface area (Å²) in [5.74, 6) is 2.60. The maximum absolute atomic E-state index is 4.04. The summed E-state index contributed by atoms with van der Waals surface area (Å²) in [6.45, 7) is 6.21. The number of nitrogens with zero attached hydrogens (tertiary/aromatic N) is 1. The van der Waals surface area contributed by atoms with E-state index in [1.54, 1.807) is 0 Å². The molecular formula is C17H32N2S. The van der Waals surface area contributed by atoms with Crippen LogP contribution in [0, 0.1) is 0 Å². The maximum Gasteiger partial charge on any atom is 0.0335 e. The second-order valence-corrected chi connectivity index (χ2v) is 8.64. The van der Waals surface area contributed by atoms with E-state index in [1.807, 2.05) is 0 Å². The predicted molar refractivity (Wildman–Crippen MR) is 89.6 cm³/mol. The molecule has 0 aromatic carbocycles. The van der Waals surface area contributed by atoms with E-state index < -0.39 is 0 Å². The lowest BCUT2D eigenvalue weighted by atomic mass is 9.76. The van der Waals surface area contributed by atoms with Crippen LogP contribution in [0.1, 0.15) is 64.7 Å². The second kappa shape index (κ2) is 6.58. The quantitative estimate of drug-likeness (QED) is 0.797. The van der Waals surface area contributed by atoms with Crippen molar-refractivity contribution >= 4 is 11.8 Å². The Hall–Kier alpha value is 0.270. The van der Waals surface area contributed by atoms with E-state index in [0.29, 0.717) is 11.1 Å². The molecule has 0 bridgehead atoms. The fourth-order valence-corrected chi connectivity index (χ4v) is 5.42. The Balaban J connectivity index is 1.68. The van der Waals surface area contributed by atoms with Crippen LogP contribution in [0.4, 0.5) is 0 Å². The van der Waals surface area contributed by atoms with E-state index >= 15 is 0 Å². The number of nitrogens with one attached hydrogen (secondary N) is 1. The van der Waals surface area contributed by atoms with Crippen molar-refractivity contribution < 1.29 is 0 Å². The number of hydrogen-bond donors (Lipinski definition) is 1. The summed E-state index contributed by atoms with van der Waals surface area (Å²) in [6, 6.07) is 0. The third-order valence-corrected chi connectivity index (χ3v) is 6.89. The van der Waals surface area contributed by atoms with Crippen LogP contribution in [-0.2, 0) is 0 Å². The van der Waals surface area contributed by atoms with Gasteiger partial charge >= 0.3 is 0 Å². The first kappa shape index (κ1) is 15.2.